The molecule has 1 aromatic rings. The monoisotopic (exact) mass is 216 g/mol. The molecule has 84 valence electrons. The van der Waals surface area contributed by atoms with Crippen molar-refractivity contribution in [3.05, 3.63) is 29.8 Å². The Morgan fingerprint density at radius 2 is 2.06 bits per heavy atom. The highest BCUT2D eigenvalue weighted by Gasteiger charge is 2.13. The highest BCUT2D eigenvalue weighted by molar-refractivity contribution is 6.32. The third-order valence-electron chi connectivity index (χ3n) is 2.81. The van der Waals surface area contributed by atoms with Gasteiger partial charge in [-0.05, 0) is 31.2 Å². The summed E-state index contributed by atoms with van der Waals surface area (Å²) in [6, 6.07) is 7.93. The molecule has 1 aliphatic rings. The van der Waals surface area contributed by atoms with Crippen LogP contribution in [0.5, 0.6) is 0 Å². The molecule has 1 unspecified atom stereocenters. The van der Waals surface area contributed by atoms with E-state index in [-0.39, 0.29) is 6.29 Å². The van der Waals surface area contributed by atoms with Gasteiger partial charge in [0.1, 0.15) is 7.85 Å². The quantitative estimate of drug-likeness (QED) is 0.711. The van der Waals surface area contributed by atoms with Crippen LogP contribution in [-0.2, 0) is 15.9 Å². The third-order valence-corrected chi connectivity index (χ3v) is 2.81. The summed E-state index contributed by atoms with van der Waals surface area (Å²) in [5.41, 5.74) is 2.06. The van der Waals surface area contributed by atoms with Gasteiger partial charge in [-0.2, -0.15) is 0 Å². The molecule has 1 atom stereocenters. The second kappa shape index (κ2) is 6.07. The van der Waals surface area contributed by atoms with Gasteiger partial charge >= 0.3 is 0 Å². The van der Waals surface area contributed by atoms with Crippen LogP contribution in [0.2, 0.25) is 0 Å². The van der Waals surface area contributed by atoms with Crippen LogP contribution < -0.4 is 5.46 Å². The van der Waals surface area contributed by atoms with Crippen LogP contribution in [0.15, 0.2) is 24.3 Å². The lowest BCUT2D eigenvalue weighted by molar-refractivity contribution is -0.161. The summed E-state index contributed by atoms with van der Waals surface area (Å²) in [6.07, 6.45) is 4.34. The van der Waals surface area contributed by atoms with E-state index in [0.29, 0.717) is 6.61 Å². The van der Waals surface area contributed by atoms with E-state index in [1.807, 2.05) is 24.3 Å². The van der Waals surface area contributed by atoms with Crippen molar-refractivity contribution in [3.8, 4) is 0 Å². The summed E-state index contributed by atoms with van der Waals surface area (Å²) in [6.45, 7) is 1.56. The van der Waals surface area contributed by atoms with Crippen molar-refractivity contribution in [1.82, 2.24) is 0 Å². The number of rotatable bonds is 4. The number of hydrogen-bond acceptors (Lipinski definition) is 2. The van der Waals surface area contributed by atoms with Crippen LogP contribution in [0.4, 0.5) is 0 Å². The molecule has 1 heterocycles. The molecule has 2 nitrogen and oxygen atoms in total. The first-order valence-electron chi connectivity index (χ1n) is 5.92. The molecule has 0 aliphatic carbocycles. The van der Waals surface area contributed by atoms with E-state index < -0.39 is 0 Å². The zero-order valence-corrected chi connectivity index (χ0v) is 9.52. The summed E-state index contributed by atoms with van der Waals surface area (Å²) in [7, 11) is 5.62. The maximum absolute atomic E-state index is 5.66. The molecular weight excluding hydrogens is 199 g/mol. The highest BCUT2D eigenvalue weighted by atomic mass is 16.7. The van der Waals surface area contributed by atoms with Gasteiger partial charge in [-0.3, -0.25) is 0 Å². The molecule has 0 spiro atoms. The van der Waals surface area contributed by atoms with Crippen molar-refractivity contribution in [1.29, 1.82) is 0 Å². The molecule has 0 saturated carbocycles. The fourth-order valence-electron chi connectivity index (χ4n) is 1.84. The number of ether oxygens (including phenoxy) is 2. The van der Waals surface area contributed by atoms with Gasteiger partial charge in [-0.25, -0.2) is 0 Å². The van der Waals surface area contributed by atoms with Gasteiger partial charge in [-0.1, -0.05) is 29.7 Å². The Bertz CT molecular complexity index is 304. The Labute approximate surface area is 98.4 Å². The van der Waals surface area contributed by atoms with Gasteiger partial charge in [0.15, 0.2) is 6.29 Å². The molecule has 1 saturated heterocycles. The summed E-state index contributed by atoms with van der Waals surface area (Å²) < 4.78 is 11.2. The minimum absolute atomic E-state index is 0.0162. The predicted molar refractivity (Wildman–Crippen MR) is 65.1 cm³/mol. The Morgan fingerprint density at radius 1 is 1.25 bits per heavy atom. The van der Waals surface area contributed by atoms with E-state index in [0.717, 1.165) is 31.3 Å². The smallest absolute Gasteiger partial charge is 0.157 e. The molecule has 0 bridgehead atoms. The lowest BCUT2D eigenvalue weighted by atomic mass is 9.95. The summed E-state index contributed by atoms with van der Waals surface area (Å²) in [5, 5.41) is 0. The molecular formula is C13H17BO2. The van der Waals surface area contributed by atoms with E-state index >= 15 is 0 Å². The van der Waals surface area contributed by atoms with Crippen molar-refractivity contribution in [3.63, 3.8) is 0 Å². The fraction of sp³-hybridized carbons (Fsp3) is 0.538. The van der Waals surface area contributed by atoms with Gasteiger partial charge in [-0.15, -0.1) is 0 Å². The van der Waals surface area contributed by atoms with Crippen LogP contribution in [-0.4, -0.2) is 27.4 Å². The van der Waals surface area contributed by atoms with Crippen molar-refractivity contribution >= 4 is 13.3 Å². The van der Waals surface area contributed by atoms with Gasteiger partial charge in [0, 0.05) is 6.61 Å². The van der Waals surface area contributed by atoms with Gasteiger partial charge in [0.25, 0.3) is 0 Å². The molecule has 2 radical (unpaired) electrons. The first-order chi connectivity index (χ1) is 7.84. The van der Waals surface area contributed by atoms with Crippen molar-refractivity contribution in [2.45, 2.75) is 32.0 Å². The molecule has 16 heavy (non-hydrogen) atoms. The van der Waals surface area contributed by atoms with Crippen LogP contribution in [0.25, 0.3) is 0 Å². The lowest BCUT2D eigenvalue weighted by Crippen LogP contribution is -2.23. The highest BCUT2D eigenvalue weighted by Crippen LogP contribution is 2.13. The van der Waals surface area contributed by atoms with Crippen molar-refractivity contribution < 1.29 is 9.47 Å². The minimum Gasteiger partial charge on any atom is -0.353 e. The lowest BCUT2D eigenvalue weighted by Gasteiger charge is -2.22. The fourth-order valence-corrected chi connectivity index (χ4v) is 1.84. The molecule has 3 heteroatoms. The Morgan fingerprint density at radius 3 is 2.75 bits per heavy atom. The zero-order valence-electron chi connectivity index (χ0n) is 9.52. The molecule has 1 aliphatic heterocycles. The van der Waals surface area contributed by atoms with Crippen molar-refractivity contribution in [2.24, 2.45) is 0 Å². The average Bonchev–Trinajstić information content (AvgIpc) is 2.33. The van der Waals surface area contributed by atoms with E-state index in [4.69, 9.17) is 17.3 Å². The first-order valence-corrected chi connectivity index (χ1v) is 5.92. The second-order valence-corrected chi connectivity index (χ2v) is 4.16. The van der Waals surface area contributed by atoms with Crippen LogP contribution in [0.3, 0.4) is 0 Å². The van der Waals surface area contributed by atoms with Gasteiger partial charge < -0.3 is 9.47 Å². The third kappa shape index (κ3) is 3.65. The molecule has 2 rings (SSSR count). The molecule has 0 N–H and O–H groups in total. The summed E-state index contributed by atoms with van der Waals surface area (Å²) >= 11 is 0. The average molecular weight is 216 g/mol. The van der Waals surface area contributed by atoms with Crippen LogP contribution >= 0.6 is 0 Å². The number of benzene rings is 1. The SMILES string of the molecule is [B]c1ccc(CCOC2CCCCO2)cc1. The maximum Gasteiger partial charge on any atom is 0.157 e. The van der Waals surface area contributed by atoms with Crippen LogP contribution in [0, 0.1) is 0 Å². The minimum atomic E-state index is 0.0162. The van der Waals surface area contributed by atoms with Gasteiger partial charge in [0.05, 0.1) is 6.61 Å². The normalized spacial score (nSPS) is 20.9. The second-order valence-electron chi connectivity index (χ2n) is 4.16. The van der Waals surface area contributed by atoms with E-state index in [9.17, 15) is 0 Å². The van der Waals surface area contributed by atoms with E-state index in [2.05, 4.69) is 0 Å². The topological polar surface area (TPSA) is 18.5 Å². The Hall–Kier alpha value is -0.795. The summed E-state index contributed by atoms with van der Waals surface area (Å²) in [5.74, 6) is 0. The van der Waals surface area contributed by atoms with E-state index in [1.54, 1.807) is 0 Å². The predicted octanol–water partition coefficient (Wildman–Crippen LogP) is 1.57. The molecule has 1 aromatic carbocycles. The van der Waals surface area contributed by atoms with Crippen molar-refractivity contribution in [2.75, 3.05) is 13.2 Å². The molecule has 0 aromatic heterocycles. The molecule has 0 amide bonds. The largest absolute Gasteiger partial charge is 0.353 e. The Kier molecular flexibility index (Phi) is 4.43. The standard InChI is InChI=1S/C13H17BO2/c14-12-6-4-11(5-7-12)8-10-16-13-3-1-2-9-15-13/h4-7,13H,1-3,8-10H2. The van der Waals surface area contributed by atoms with E-state index in [1.165, 1.54) is 12.0 Å². The zero-order chi connectivity index (χ0) is 11.2. The summed E-state index contributed by atoms with van der Waals surface area (Å²) in [4.78, 5) is 0. The maximum atomic E-state index is 5.66. The van der Waals surface area contributed by atoms with Gasteiger partial charge in [0.2, 0.25) is 0 Å². The first kappa shape index (κ1) is 11.7. The number of hydrogen-bond donors (Lipinski definition) is 0. The molecule has 1 fully saturated rings. The van der Waals surface area contributed by atoms with Crippen LogP contribution in [0.1, 0.15) is 24.8 Å². The Balaban J connectivity index is 1.69.